The molecule has 0 spiro atoms. The number of fused-ring (bicyclic) bond motifs is 1. The predicted molar refractivity (Wildman–Crippen MR) is 112 cm³/mol. The van der Waals surface area contributed by atoms with Gasteiger partial charge in [-0.1, -0.05) is 30.3 Å². The number of carbonyl (C=O) groups is 3. The number of esters is 1. The minimum Gasteiger partial charge on any atom is -0.456 e. The molecule has 2 amide bonds. The molecule has 0 aromatic heterocycles. The van der Waals surface area contributed by atoms with Crippen LogP contribution in [0.4, 0.5) is 18.0 Å². The minimum atomic E-state index is -6.11. The van der Waals surface area contributed by atoms with Crippen LogP contribution in [0.15, 0.2) is 41.8 Å². The molecule has 10 nitrogen and oxygen atoms in total. The number of halogens is 3. The average Bonchev–Trinajstić information content (AvgIpc) is 2.74. The van der Waals surface area contributed by atoms with Crippen LogP contribution in [-0.4, -0.2) is 54.5 Å². The lowest BCUT2D eigenvalue weighted by Gasteiger charge is -2.49. The largest absolute Gasteiger partial charge is 0.534 e. The monoisotopic (exact) mass is 520 g/mol. The summed E-state index contributed by atoms with van der Waals surface area (Å²) in [5.74, 6) is -2.99. The van der Waals surface area contributed by atoms with Gasteiger partial charge in [0.25, 0.3) is 5.91 Å². The molecule has 2 atom stereocenters. The van der Waals surface area contributed by atoms with Gasteiger partial charge in [0.1, 0.15) is 18.2 Å². The molecule has 2 aliphatic rings. The molecular weight excluding hydrogens is 497 g/mol. The number of β-lactam (4-membered cyclic amide) rings is 1. The Labute approximate surface area is 199 Å². The first-order chi connectivity index (χ1) is 16.1. The number of amides is 2. The van der Waals surface area contributed by atoms with E-state index in [1.165, 1.54) is 0 Å². The Morgan fingerprint density at radius 2 is 1.77 bits per heavy atom. The Kier molecular flexibility index (Phi) is 7.07. The third-order valence-corrected chi connectivity index (χ3v) is 5.95. The number of allylic oxidation sites excluding steroid dienone is 1. The fraction of sp³-hybridized carbons (Fsp3) is 0.476. The SMILES string of the molecule is CC(C)(C)OC(=O)N[C@@H]1C(=O)N2C(C(=O)OCc3ccccc3)=C(OS(=O)(=O)C(F)(F)F)CC[C@@H]12. The highest BCUT2D eigenvalue weighted by molar-refractivity contribution is 7.87. The van der Waals surface area contributed by atoms with E-state index in [4.69, 9.17) is 9.47 Å². The van der Waals surface area contributed by atoms with E-state index in [0.717, 1.165) is 4.90 Å². The van der Waals surface area contributed by atoms with Gasteiger partial charge in [0, 0.05) is 6.42 Å². The van der Waals surface area contributed by atoms with Crippen molar-refractivity contribution in [3.05, 3.63) is 47.4 Å². The van der Waals surface area contributed by atoms with Crippen molar-refractivity contribution in [3.63, 3.8) is 0 Å². The van der Waals surface area contributed by atoms with Gasteiger partial charge in [-0.25, -0.2) is 9.59 Å². The van der Waals surface area contributed by atoms with Gasteiger partial charge in [-0.3, -0.25) is 9.69 Å². The van der Waals surface area contributed by atoms with Gasteiger partial charge in [-0.15, -0.1) is 0 Å². The number of rotatable bonds is 6. The third kappa shape index (κ3) is 5.86. The van der Waals surface area contributed by atoms with Crippen molar-refractivity contribution in [1.82, 2.24) is 10.2 Å². The molecule has 0 saturated carbocycles. The van der Waals surface area contributed by atoms with E-state index in [9.17, 15) is 36.0 Å². The molecule has 1 aromatic rings. The summed E-state index contributed by atoms with van der Waals surface area (Å²) in [4.78, 5) is 38.5. The molecule has 0 aliphatic carbocycles. The summed E-state index contributed by atoms with van der Waals surface area (Å²) in [5.41, 5.74) is -6.84. The van der Waals surface area contributed by atoms with Crippen LogP contribution in [0.5, 0.6) is 0 Å². The number of hydrogen-bond acceptors (Lipinski definition) is 8. The molecule has 192 valence electrons. The zero-order chi connectivity index (χ0) is 26.2. The Bertz CT molecular complexity index is 1140. The van der Waals surface area contributed by atoms with Gasteiger partial charge in [0.2, 0.25) is 0 Å². The minimum absolute atomic E-state index is 0.0929. The summed E-state index contributed by atoms with van der Waals surface area (Å²) in [6.07, 6.45) is -1.44. The summed E-state index contributed by atoms with van der Waals surface area (Å²) >= 11 is 0. The number of nitrogens with one attached hydrogen (secondary N) is 1. The van der Waals surface area contributed by atoms with Gasteiger partial charge >= 0.3 is 27.7 Å². The smallest absolute Gasteiger partial charge is 0.456 e. The second-order valence-electron chi connectivity index (χ2n) is 8.75. The summed E-state index contributed by atoms with van der Waals surface area (Å²) in [5, 5.41) is 2.36. The van der Waals surface area contributed by atoms with E-state index in [-0.39, 0.29) is 13.0 Å². The lowest BCUT2D eigenvalue weighted by molar-refractivity contribution is -0.157. The molecule has 1 saturated heterocycles. The maximum Gasteiger partial charge on any atom is 0.534 e. The number of alkyl carbamates (subject to hydrolysis) is 1. The van der Waals surface area contributed by atoms with Crippen molar-refractivity contribution in [2.75, 3.05) is 0 Å². The molecule has 35 heavy (non-hydrogen) atoms. The van der Waals surface area contributed by atoms with E-state index < -0.39 is 69.2 Å². The van der Waals surface area contributed by atoms with Gasteiger partial charge < -0.3 is 19.0 Å². The summed E-state index contributed by atoms with van der Waals surface area (Å²) in [6.45, 7) is 4.53. The zero-order valence-corrected chi connectivity index (χ0v) is 19.7. The van der Waals surface area contributed by atoms with Crippen LogP contribution < -0.4 is 5.32 Å². The van der Waals surface area contributed by atoms with Crippen LogP contribution in [0.1, 0.15) is 39.2 Å². The molecule has 0 radical (unpaired) electrons. The van der Waals surface area contributed by atoms with Crippen LogP contribution in [0.25, 0.3) is 0 Å². The maximum atomic E-state index is 12.9. The quantitative estimate of drug-likeness (QED) is 0.263. The van der Waals surface area contributed by atoms with Crippen molar-refractivity contribution in [2.45, 2.75) is 63.4 Å². The van der Waals surface area contributed by atoms with Crippen LogP contribution >= 0.6 is 0 Å². The molecule has 0 unspecified atom stereocenters. The molecule has 0 bridgehead atoms. The number of hydrogen-bond donors (Lipinski definition) is 1. The van der Waals surface area contributed by atoms with Crippen LogP contribution in [-0.2, 0) is 40.0 Å². The molecule has 14 heteroatoms. The molecular formula is C21H23F3N2O8S. The molecule has 2 heterocycles. The standard InChI is InChI=1S/C21H23F3N2O8S/c1-20(2,3)33-19(29)25-15-13-9-10-14(34-35(30,31)21(22,23)24)16(26(13)17(15)27)18(28)32-11-12-7-5-4-6-8-12/h4-8,13,15H,9-11H2,1-3H3,(H,25,29)/t13-,15-/m0/s1. The molecule has 1 N–H and O–H groups in total. The lowest BCUT2D eigenvalue weighted by atomic mass is 9.86. The molecule has 2 aliphatic heterocycles. The van der Waals surface area contributed by atoms with E-state index in [1.54, 1.807) is 51.1 Å². The van der Waals surface area contributed by atoms with E-state index in [0.29, 0.717) is 5.56 Å². The zero-order valence-electron chi connectivity index (χ0n) is 18.9. The third-order valence-electron chi connectivity index (χ3n) is 4.96. The molecule has 1 fully saturated rings. The summed E-state index contributed by atoms with van der Waals surface area (Å²) < 4.78 is 76.3. The lowest BCUT2D eigenvalue weighted by Crippen LogP contribution is -2.72. The predicted octanol–water partition coefficient (Wildman–Crippen LogP) is 2.71. The van der Waals surface area contributed by atoms with Gasteiger partial charge in [-0.2, -0.15) is 21.6 Å². The Balaban J connectivity index is 1.87. The van der Waals surface area contributed by atoms with E-state index in [1.807, 2.05) is 0 Å². The Morgan fingerprint density at radius 1 is 1.14 bits per heavy atom. The second kappa shape index (κ2) is 9.40. The fourth-order valence-electron chi connectivity index (χ4n) is 3.51. The fourth-order valence-corrected chi connectivity index (χ4v) is 4.03. The average molecular weight is 520 g/mol. The highest BCUT2D eigenvalue weighted by Crippen LogP contribution is 2.40. The number of benzene rings is 1. The number of nitrogens with zero attached hydrogens (tertiary/aromatic N) is 1. The first-order valence-electron chi connectivity index (χ1n) is 10.4. The Morgan fingerprint density at radius 3 is 2.34 bits per heavy atom. The first kappa shape index (κ1) is 26.3. The first-order valence-corrected chi connectivity index (χ1v) is 11.8. The highest BCUT2D eigenvalue weighted by atomic mass is 32.2. The molecule has 1 aromatic carbocycles. The van der Waals surface area contributed by atoms with Crippen LogP contribution in [0.2, 0.25) is 0 Å². The van der Waals surface area contributed by atoms with Crippen molar-refractivity contribution in [1.29, 1.82) is 0 Å². The molecule has 3 rings (SSSR count). The Hall–Kier alpha value is -3.29. The van der Waals surface area contributed by atoms with Crippen molar-refractivity contribution >= 4 is 28.1 Å². The topological polar surface area (TPSA) is 128 Å². The number of ether oxygens (including phenoxy) is 2. The second-order valence-corrected chi connectivity index (χ2v) is 10.3. The van der Waals surface area contributed by atoms with Crippen LogP contribution in [0.3, 0.4) is 0 Å². The van der Waals surface area contributed by atoms with Gasteiger partial charge in [0.15, 0.2) is 11.5 Å². The maximum absolute atomic E-state index is 12.9. The number of carbonyl (C=O) groups excluding carboxylic acids is 3. The number of alkyl halides is 3. The highest BCUT2D eigenvalue weighted by Gasteiger charge is 2.56. The van der Waals surface area contributed by atoms with Crippen LogP contribution in [0, 0.1) is 0 Å². The van der Waals surface area contributed by atoms with Gasteiger partial charge in [-0.05, 0) is 32.8 Å². The van der Waals surface area contributed by atoms with E-state index >= 15 is 0 Å². The van der Waals surface area contributed by atoms with Crippen molar-refractivity contribution in [3.8, 4) is 0 Å². The summed E-state index contributed by atoms with van der Waals surface area (Å²) in [6, 6.07) is 6.28. The van der Waals surface area contributed by atoms with Crippen molar-refractivity contribution in [2.24, 2.45) is 0 Å². The summed E-state index contributed by atoms with van der Waals surface area (Å²) in [7, 11) is -6.11. The van der Waals surface area contributed by atoms with Crippen molar-refractivity contribution < 1.29 is 49.6 Å². The normalized spacial score (nSPS) is 20.5. The van der Waals surface area contributed by atoms with Gasteiger partial charge in [0.05, 0.1) is 6.04 Å². The van der Waals surface area contributed by atoms with E-state index in [2.05, 4.69) is 9.50 Å².